The molecule has 0 spiro atoms. The van der Waals surface area contributed by atoms with Gasteiger partial charge in [0.25, 0.3) is 5.91 Å². The van der Waals surface area contributed by atoms with E-state index in [0.29, 0.717) is 29.5 Å². The molecular weight excluding hydrogens is 442 g/mol. The Kier molecular flexibility index (Phi) is 7.16. The maximum Gasteiger partial charge on any atom is 0.273 e. The lowest BCUT2D eigenvalue weighted by Gasteiger charge is -2.37. The van der Waals surface area contributed by atoms with E-state index in [1.807, 2.05) is 30.3 Å². The Morgan fingerprint density at radius 1 is 1.00 bits per heavy atom. The van der Waals surface area contributed by atoms with Gasteiger partial charge in [-0.15, -0.1) is 0 Å². The smallest absolute Gasteiger partial charge is 0.273 e. The molecule has 1 aliphatic carbocycles. The first-order chi connectivity index (χ1) is 17.2. The van der Waals surface area contributed by atoms with Crippen LogP contribution in [0.5, 0.6) is 11.5 Å². The normalized spacial score (nSPS) is 22.3. The molecular formula is C28H33N3O4. The molecule has 0 N–H and O–H groups in total. The van der Waals surface area contributed by atoms with Crippen LogP contribution < -0.4 is 9.47 Å². The van der Waals surface area contributed by atoms with E-state index in [0.717, 1.165) is 57.0 Å². The van der Waals surface area contributed by atoms with Gasteiger partial charge in [0.15, 0.2) is 11.5 Å². The first kappa shape index (κ1) is 23.6. The largest absolute Gasteiger partial charge is 0.493 e. The van der Waals surface area contributed by atoms with E-state index >= 15 is 0 Å². The van der Waals surface area contributed by atoms with Gasteiger partial charge in [-0.05, 0) is 54.7 Å². The van der Waals surface area contributed by atoms with Crippen LogP contribution in [0.25, 0.3) is 0 Å². The quantitative estimate of drug-likeness (QED) is 0.592. The minimum absolute atomic E-state index is 0.0612. The van der Waals surface area contributed by atoms with E-state index in [-0.39, 0.29) is 11.8 Å². The van der Waals surface area contributed by atoms with Gasteiger partial charge in [-0.2, -0.15) is 5.10 Å². The molecule has 2 aromatic rings. The third-order valence-electron chi connectivity index (χ3n) is 7.18. The van der Waals surface area contributed by atoms with Crippen molar-refractivity contribution < 1.29 is 19.0 Å². The minimum atomic E-state index is -0.0612. The van der Waals surface area contributed by atoms with Gasteiger partial charge in [-0.3, -0.25) is 9.69 Å². The molecule has 0 saturated carbocycles. The second-order valence-corrected chi connectivity index (χ2v) is 9.34. The second-order valence-electron chi connectivity index (χ2n) is 9.34. The van der Waals surface area contributed by atoms with Gasteiger partial charge in [0.05, 0.1) is 33.1 Å². The van der Waals surface area contributed by atoms with Crippen molar-refractivity contribution in [3.63, 3.8) is 0 Å². The standard InChI is InChI=1S/C28H33N3O4/c1-33-25-12-11-22(17-26(25)34-2)27-24-6-4-3-5-23(24)19-31(29-27)28(32)21-9-7-20(8-10-21)18-30-13-15-35-16-14-30/h3-4,7-12,17,23-24H,5-6,13-16,18-19H2,1-2H3/t23-,24-/m0/s1. The van der Waals surface area contributed by atoms with Gasteiger partial charge in [0.2, 0.25) is 0 Å². The van der Waals surface area contributed by atoms with Crippen LogP contribution in [0.1, 0.15) is 34.3 Å². The molecule has 1 fully saturated rings. The lowest BCUT2D eigenvalue weighted by Crippen LogP contribution is -2.43. The molecule has 0 aromatic heterocycles. The van der Waals surface area contributed by atoms with Crippen LogP contribution in [0.4, 0.5) is 0 Å². The zero-order chi connectivity index (χ0) is 24.2. The fraction of sp³-hybridized carbons (Fsp3) is 0.429. The highest BCUT2D eigenvalue weighted by Crippen LogP contribution is 2.36. The van der Waals surface area contributed by atoms with Crippen molar-refractivity contribution in [2.75, 3.05) is 47.1 Å². The Morgan fingerprint density at radius 3 is 2.49 bits per heavy atom. The number of amides is 1. The molecule has 1 amide bonds. The SMILES string of the molecule is COc1ccc(C2=NN(C(=O)c3ccc(CN4CCOCC4)cc3)C[C@@H]3CC=CC[C@H]23)cc1OC. The van der Waals surface area contributed by atoms with Gasteiger partial charge in [-0.1, -0.05) is 24.3 Å². The van der Waals surface area contributed by atoms with Crippen molar-refractivity contribution >= 4 is 11.6 Å². The maximum atomic E-state index is 13.5. The van der Waals surface area contributed by atoms with Gasteiger partial charge in [0, 0.05) is 43.2 Å². The van der Waals surface area contributed by atoms with E-state index < -0.39 is 0 Å². The van der Waals surface area contributed by atoms with E-state index in [4.69, 9.17) is 19.3 Å². The summed E-state index contributed by atoms with van der Waals surface area (Å²) in [5, 5.41) is 6.56. The molecule has 2 atom stereocenters. The summed E-state index contributed by atoms with van der Waals surface area (Å²) in [5.41, 5.74) is 3.76. The molecule has 2 aromatic carbocycles. The molecule has 2 heterocycles. The number of ether oxygens (including phenoxy) is 3. The highest BCUT2D eigenvalue weighted by molar-refractivity contribution is 6.05. The van der Waals surface area contributed by atoms with Crippen molar-refractivity contribution in [1.82, 2.24) is 9.91 Å². The predicted octanol–water partition coefficient (Wildman–Crippen LogP) is 3.98. The average molecular weight is 476 g/mol. The number of allylic oxidation sites excluding steroid dienone is 2. The fourth-order valence-corrected chi connectivity index (χ4v) is 5.19. The molecule has 5 rings (SSSR count). The molecule has 35 heavy (non-hydrogen) atoms. The summed E-state index contributed by atoms with van der Waals surface area (Å²) >= 11 is 0. The van der Waals surface area contributed by atoms with Gasteiger partial charge in [-0.25, -0.2) is 5.01 Å². The summed E-state index contributed by atoms with van der Waals surface area (Å²) in [5.74, 6) is 1.89. The predicted molar refractivity (Wildman–Crippen MR) is 135 cm³/mol. The topological polar surface area (TPSA) is 63.6 Å². The number of fused-ring (bicyclic) bond motifs is 1. The third-order valence-corrected chi connectivity index (χ3v) is 7.18. The number of hydrazone groups is 1. The monoisotopic (exact) mass is 475 g/mol. The number of hydrogen-bond donors (Lipinski definition) is 0. The minimum Gasteiger partial charge on any atom is -0.493 e. The Balaban J connectivity index is 1.39. The van der Waals surface area contributed by atoms with Gasteiger partial charge in [0.1, 0.15) is 0 Å². The zero-order valence-corrected chi connectivity index (χ0v) is 20.5. The average Bonchev–Trinajstić information content (AvgIpc) is 2.92. The van der Waals surface area contributed by atoms with Crippen molar-refractivity contribution in [2.45, 2.75) is 19.4 Å². The lowest BCUT2D eigenvalue weighted by atomic mass is 9.77. The van der Waals surface area contributed by atoms with Crippen LogP contribution in [0, 0.1) is 11.8 Å². The van der Waals surface area contributed by atoms with E-state index in [9.17, 15) is 4.79 Å². The molecule has 0 radical (unpaired) electrons. The molecule has 7 heteroatoms. The summed E-state index contributed by atoms with van der Waals surface area (Å²) < 4.78 is 16.4. The van der Waals surface area contributed by atoms with Crippen LogP contribution in [0.3, 0.4) is 0 Å². The Hall–Kier alpha value is -3.16. The van der Waals surface area contributed by atoms with Crippen molar-refractivity contribution in [3.05, 3.63) is 71.3 Å². The number of morpholine rings is 1. The number of nitrogens with zero attached hydrogens (tertiary/aromatic N) is 3. The molecule has 7 nitrogen and oxygen atoms in total. The highest BCUT2D eigenvalue weighted by atomic mass is 16.5. The van der Waals surface area contributed by atoms with Crippen molar-refractivity contribution in [1.29, 1.82) is 0 Å². The summed E-state index contributed by atoms with van der Waals surface area (Å²) in [4.78, 5) is 15.9. The number of methoxy groups -OCH3 is 2. The van der Waals surface area contributed by atoms with Crippen molar-refractivity contribution in [2.24, 2.45) is 16.9 Å². The highest BCUT2D eigenvalue weighted by Gasteiger charge is 2.36. The third kappa shape index (κ3) is 5.11. The van der Waals surface area contributed by atoms with E-state index in [1.54, 1.807) is 19.2 Å². The Bertz CT molecular complexity index is 1110. The Labute approximate surface area is 207 Å². The summed E-state index contributed by atoms with van der Waals surface area (Å²) in [6.45, 7) is 4.95. The number of rotatable bonds is 6. The molecule has 2 aliphatic heterocycles. The number of hydrogen-bond acceptors (Lipinski definition) is 6. The molecule has 184 valence electrons. The fourth-order valence-electron chi connectivity index (χ4n) is 5.19. The second kappa shape index (κ2) is 10.6. The van der Waals surface area contributed by atoms with Crippen LogP contribution in [0.15, 0.2) is 59.7 Å². The number of carbonyl (C=O) groups excluding carboxylic acids is 1. The van der Waals surface area contributed by atoms with Crippen molar-refractivity contribution in [3.8, 4) is 11.5 Å². The summed E-state index contributed by atoms with van der Waals surface area (Å²) in [6, 6.07) is 13.8. The summed E-state index contributed by atoms with van der Waals surface area (Å²) in [7, 11) is 3.26. The summed E-state index contributed by atoms with van der Waals surface area (Å²) in [6.07, 6.45) is 6.32. The lowest BCUT2D eigenvalue weighted by molar-refractivity contribution is 0.0342. The Morgan fingerprint density at radius 2 is 1.74 bits per heavy atom. The maximum absolute atomic E-state index is 13.5. The first-order valence-electron chi connectivity index (χ1n) is 12.3. The van der Waals surface area contributed by atoms with Crippen LogP contribution >= 0.6 is 0 Å². The molecule has 3 aliphatic rings. The van der Waals surface area contributed by atoms with Crippen LogP contribution in [0.2, 0.25) is 0 Å². The zero-order valence-electron chi connectivity index (χ0n) is 20.5. The molecule has 0 unspecified atom stereocenters. The number of carbonyl (C=O) groups is 1. The van der Waals surface area contributed by atoms with Crippen LogP contribution in [-0.4, -0.2) is 68.6 Å². The first-order valence-corrected chi connectivity index (χ1v) is 12.3. The van der Waals surface area contributed by atoms with Gasteiger partial charge >= 0.3 is 0 Å². The number of benzene rings is 2. The van der Waals surface area contributed by atoms with Gasteiger partial charge < -0.3 is 14.2 Å². The van der Waals surface area contributed by atoms with Crippen LogP contribution in [-0.2, 0) is 11.3 Å². The molecule has 0 bridgehead atoms. The molecule has 1 saturated heterocycles. The van der Waals surface area contributed by atoms with E-state index in [2.05, 4.69) is 29.2 Å². The van der Waals surface area contributed by atoms with E-state index in [1.165, 1.54) is 5.56 Å².